The lowest BCUT2D eigenvalue weighted by molar-refractivity contribution is -0.138. The summed E-state index contributed by atoms with van der Waals surface area (Å²) >= 11 is 0. The van der Waals surface area contributed by atoms with Crippen molar-refractivity contribution < 1.29 is 9.59 Å². The summed E-state index contributed by atoms with van der Waals surface area (Å²) < 4.78 is 0. The molecule has 1 N–H and O–H groups in total. The number of anilines is 1. The van der Waals surface area contributed by atoms with E-state index in [-0.39, 0.29) is 17.7 Å². The Morgan fingerprint density at radius 2 is 1.88 bits per heavy atom. The topological polar surface area (TPSA) is 78.4 Å². The Hall–Kier alpha value is -2.96. The molecule has 1 aliphatic carbocycles. The first-order valence-corrected chi connectivity index (χ1v) is 12.0. The lowest BCUT2D eigenvalue weighted by Gasteiger charge is -2.39. The minimum absolute atomic E-state index is 0.00150. The Balaban J connectivity index is 1.57. The van der Waals surface area contributed by atoms with Crippen LogP contribution in [0.3, 0.4) is 0 Å². The number of carbonyl (C=O) groups is 2. The second-order valence-electron chi connectivity index (χ2n) is 9.47. The van der Waals surface area contributed by atoms with E-state index < -0.39 is 5.41 Å². The highest BCUT2D eigenvalue weighted by molar-refractivity contribution is 5.88. The molecule has 0 bridgehead atoms. The molecular weight excluding hydrogens is 414 g/mol. The van der Waals surface area contributed by atoms with Gasteiger partial charge in [-0.3, -0.25) is 9.59 Å². The van der Waals surface area contributed by atoms with Gasteiger partial charge in [-0.25, -0.2) is 9.97 Å². The highest BCUT2D eigenvalue weighted by Gasteiger charge is 2.45. The summed E-state index contributed by atoms with van der Waals surface area (Å²) in [5, 5.41) is 3.12. The molecule has 1 atom stereocenters. The largest absolute Gasteiger partial charge is 0.373 e. The van der Waals surface area contributed by atoms with Crippen LogP contribution in [0, 0.1) is 0 Å². The predicted molar refractivity (Wildman–Crippen MR) is 129 cm³/mol. The van der Waals surface area contributed by atoms with Gasteiger partial charge in [0.15, 0.2) is 0 Å². The van der Waals surface area contributed by atoms with Gasteiger partial charge >= 0.3 is 0 Å². The third-order valence-corrected chi connectivity index (χ3v) is 7.26. The summed E-state index contributed by atoms with van der Waals surface area (Å²) in [5.74, 6) is 1.85. The fraction of sp³-hybridized carbons (Fsp3) is 0.538. The summed E-state index contributed by atoms with van der Waals surface area (Å²) in [6, 6.07) is 12.2. The minimum Gasteiger partial charge on any atom is -0.373 e. The molecule has 1 unspecified atom stereocenters. The molecule has 2 aliphatic rings. The molecule has 1 aromatic carbocycles. The first-order valence-electron chi connectivity index (χ1n) is 12.0. The minimum atomic E-state index is -0.397. The van der Waals surface area contributed by atoms with Crippen LogP contribution in [0.1, 0.15) is 68.4 Å². The smallest absolute Gasteiger partial charge is 0.233 e. The maximum absolute atomic E-state index is 13.9. The van der Waals surface area contributed by atoms with Crippen LogP contribution in [0.25, 0.3) is 0 Å². The molecule has 1 aromatic heterocycles. The van der Waals surface area contributed by atoms with Gasteiger partial charge in [0.25, 0.3) is 0 Å². The van der Waals surface area contributed by atoms with E-state index in [9.17, 15) is 9.59 Å². The number of carbonyl (C=O) groups excluding carboxylic acids is 2. The number of benzene rings is 1. The van der Waals surface area contributed by atoms with E-state index in [4.69, 9.17) is 9.97 Å². The van der Waals surface area contributed by atoms with Crippen molar-refractivity contribution in [1.29, 1.82) is 0 Å². The van der Waals surface area contributed by atoms with Crippen LogP contribution in [0.15, 0.2) is 36.4 Å². The van der Waals surface area contributed by atoms with Gasteiger partial charge in [0.05, 0.1) is 17.7 Å². The van der Waals surface area contributed by atoms with E-state index >= 15 is 0 Å². The van der Waals surface area contributed by atoms with Crippen molar-refractivity contribution in [3.63, 3.8) is 0 Å². The molecule has 7 nitrogen and oxygen atoms in total. The summed E-state index contributed by atoms with van der Waals surface area (Å²) in [4.78, 5) is 38.9. The predicted octanol–water partition coefficient (Wildman–Crippen LogP) is 3.71. The molecule has 4 rings (SSSR count). The van der Waals surface area contributed by atoms with E-state index in [1.165, 1.54) is 0 Å². The monoisotopic (exact) mass is 449 g/mol. The highest BCUT2D eigenvalue weighted by Crippen LogP contribution is 2.43. The molecule has 7 heteroatoms. The summed E-state index contributed by atoms with van der Waals surface area (Å²) in [5.41, 5.74) is 1.56. The molecule has 0 spiro atoms. The van der Waals surface area contributed by atoms with Crippen molar-refractivity contribution in [2.45, 2.75) is 63.3 Å². The zero-order valence-corrected chi connectivity index (χ0v) is 20.0. The van der Waals surface area contributed by atoms with Crippen molar-refractivity contribution in [2.24, 2.45) is 0 Å². The molecule has 2 amide bonds. The zero-order chi connectivity index (χ0) is 23.4. The van der Waals surface area contributed by atoms with Crippen LogP contribution in [-0.4, -0.2) is 58.8 Å². The number of rotatable bonds is 6. The van der Waals surface area contributed by atoms with Crippen LogP contribution in [0.2, 0.25) is 0 Å². The Morgan fingerprint density at radius 3 is 2.55 bits per heavy atom. The van der Waals surface area contributed by atoms with Crippen molar-refractivity contribution in [2.75, 3.05) is 32.5 Å². The molecule has 2 heterocycles. The number of nitrogens with one attached hydrogen (secondary N) is 1. The SMILES string of the molecule is CNc1cc(CN(C)C(C)=O)nc(C2CCCN(C(=O)C3(c4ccccc4)CCCC3)C2)n1. The lowest BCUT2D eigenvalue weighted by Crippen LogP contribution is -2.49. The fourth-order valence-corrected chi connectivity index (χ4v) is 5.30. The lowest BCUT2D eigenvalue weighted by atomic mass is 9.77. The van der Waals surface area contributed by atoms with Gasteiger partial charge in [0, 0.05) is 46.1 Å². The standard InChI is InChI=1S/C26H35N5O2/c1-19(32)30(3)18-22-16-23(27-2)29-24(28-22)20-10-9-15-31(17-20)25(33)26(13-7-8-14-26)21-11-5-4-6-12-21/h4-6,11-12,16,20H,7-10,13-15,17-18H2,1-3H3,(H,27,28,29). The Bertz CT molecular complexity index is 987. The van der Waals surface area contributed by atoms with E-state index in [0.29, 0.717) is 13.1 Å². The van der Waals surface area contributed by atoms with E-state index in [1.54, 1.807) is 18.9 Å². The Kier molecular flexibility index (Phi) is 6.96. The third kappa shape index (κ3) is 4.87. The van der Waals surface area contributed by atoms with Crippen molar-refractivity contribution >= 4 is 17.6 Å². The van der Waals surface area contributed by atoms with Crippen LogP contribution < -0.4 is 5.32 Å². The molecule has 0 radical (unpaired) electrons. The number of nitrogens with zero attached hydrogens (tertiary/aromatic N) is 4. The van der Waals surface area contributed by atoms with E-state index in [0.717, 1.165) is 68.0 Å². The molecule has 2 aromatic rings. The van der Waals surface area contributed by atoms with Crippen molar-refractivity contribution in [3.05, 3.63) is 53.5 Å². The number of likely N-dealkylation sites (tertiary alicyclic amines) is 1. The van der Waals surface area contributed by atoms with E-state index in [2.05, 4.69) is 22.3 Å². The van der Waals surface area contributed by atoms with Crippen LogP contribution in [0.4, 0.5) is 5.82 Å². The molecule has 33 heavy (non-hydrogen) atoms. The first kappa shape index (κ1) is 23.2. The molecule has 2 fully saturated rings. The summed E-state index contributed by atoms with van der Waals surface area (Å²) in [6.07, 6.45) is 5.93. The van der Waals surface area contributed by atoms with E-state index in [1.807, 2.05) is 31.3 Å². The molecule has 1 aliphatic heterocycles. The number of piperidine rings is 1. The average Bonchev–Trinajstić information content (AvgIpc) is 3.35. The fourth-order valence-electron chi connectivity index (χ4n) is 5.30. The van der Waals surface area contributed by atoms with Gasteiger partial charge < -0.3 is 15.1 Å². The van der Waals surface area contributed by atoms with Gasteiger partial charge in [0.2, 0.25) is 11.8 Å². The van der Waals surface area contributed by atoms with Gasteiger partial charge in [-0.05, 0) is 31.2 Å². The van der Waals surface area contributed by atoms with Crippen LogP contribution in [0.5, 0.6) is 0 Å². The number of hydrogen-bond donors (Lipinski definition) is 1. The molecular formula is C26H35N5O2. The number of hydrogen-bond acceptors (Lipinski definition) is 5. The number of amides is 2. The van der Waals surface area contributed by atoms with Crippen molar-refractivity contribution in [3.8, 4) is 0 Å². The number of aromatic nitrogens is 2. The first-order chi connectivity index (χ1) is 15.9. The van der Waals surface area contributed by atoms with Crippen molar-refractivity contribution in [1.82, 2.24) is 19.8 Å². The molecule has 176 valence electrons. The van der Waals surface area contributed by atoms with Gasteiger partial charge in [0.1, 0.15) is 11.6 Å². The quantitative estimate of drug-likeness (QED) is 0.727. The normalized spacial score (nSPS) is 19.8. The van der Waals surface area contributed by atoms with Crippen LogP contribution in [-0.2, 0) is 21.5 Å². The summed E-state index contributed by atoms with van der Waals surface area (Å²) in [7, 11) is 3.61. The average molecular weight is 450 g/mol. The zero-order valence-electron chi connectivity index (χ0n) is 20.0. The highest BCUT2D eigenvalue weighted by atomic mass is 16.2. The summed E-state index contributed by atoms with van der Waals surface area (Å²) in [6.45, 7) is 3.42. The molecule has 1 saturated heterocycles. The second-order valence-corrected chi connectivity index (χ2v) is 9.47. The third-order valence-electron chi connectivity index (χ3n) is 7.26. The second kappa shape index (κ2) is 9.89. The maximum atomic E-state index is 13.9. The Morgan fingerprint density at radius 1 is 1.15 bits per heavy atom. The Labute approximate surface area is 196 Å². The van der Waals surface area contributed by atoms with Gasteiger partial charge in [-0.2, -0.15) is 0 Å². The van der Waals surface area contributed by atoms with Gasteiger partial charge in [-0.15, -0.1) is 0 Å². The van der Waals surface area contributed by atoms with Gasteiger partial charge in [-0.1, -0.05) is 43.2 Å². The maximum Gasteiger partial charge on any atom is 0.233 e. The van der Waals surface area contributed by atoms with Crippen LogP contribution >= 0.6 is 0 Å². The molecule has 1 saturated carbocycles.